The molecule has 0 bridgehead atoms. The minimum atomic E-state index is -0.440. The van der Waals surface area contributed by atoms with Crippen LogP contribution in [0.4, 0.5) is 0 Å². The smallest absolute Gasteiger partial charge is 0.337 e. The van der Waals surface area contributed by atoms with Crippen molar-refractivity contribution in [2.75, 3.05) is 19.8 Å². The van der Waals surface area contributed by atoms with E-state index in [2.05, 4.69) is 13.2 Å². The van der Waals surface area contributed by atoms with E-state index in [-0.39, 0.29) is 12.2 Å². The van der Waals surface area contributed by atoms with Crippen molar-refractivity contribution in [1.82, 2.24) is 0 Å². The molecule has 3 heteroatoms. The van der Waals surface area contributed by atoms with Crippen LogP contribution in [0.25, 0.3) is 0 Å². The molecule has 0 N–H and O–H groups in total. The van der Waals surface area contributed by atoms with Crippen LogP contribution in [0.15, 0.2) is 24.8 Å². The Labute approximate surface area is 72.7 Å². The van der Waals surface area contributed by atoms with Gasteiger partial charge in [0, 0.05) is 6.61 Å². The van der Waals surface area contributed by atoms with Crippen LogP contribution < -0.4 is 0 Å². The zero-order chi connectivity index (χ0) is 9.40. The Hall–Kier alpha value is -1.09. The summed E-state index contributed by atoms with van der Waals surface area (Å²) in [6, 6.07) is 0. The van der Waals surface area contributed by atoms with Gasteiger partial charge in [0.05, 0.1) is 12.2 Å². The Kier molecular flexibility index (Phi) is 6.01. The SMILES string of the molecule is C=CC(=C)C(=O)OCCOCC. The number of hydrogen-bond donors (Lipinski definition) is 0. The van der Waals surface area contributed by atoms with Gasteiger partial charge < -0.3 is 9.47 Å². The lowest BCUT2D eigenvalue weighted by molar-refractivity contribution is -0.140. The summed E-state index contributed by atoms with van der Waals surface area (Å²) < 4.78 is 9.73. The first-order chi connectivity index (χ1) is 5.72. The standard InChI is InChI=1S/C9H14O3/c1-4-8(3)9(10)12-7-6-11-5-2/h4H,1,3,5-7H2,2H3. The molecule has 0 unspecified atom stereocenters. The zero-order valence-electron chi connectivity index (χ0n) is 7.34. The first kappa shape index (κ1) is 10.9. The predicted octanol–water partition coefficient (Wildman–Crippen LogP) is 1.31. The molecule has 0 spiro atoms. The van der Waals surface area contributed by atoms with Gasteiger partial charge in [-0.25, -0.2) is 4.79 Å². The molecular weight excluding hydrogens is 156 g/mol. The zero-order valence-corrected chi connectivity index (χ0v) is 7.34. The van der Waals surface area contributed by atoms with Crippen LogP contribution in [0.1, 0.15) is 6.92 Å². The largest absolute Gasteiger partial charge is 0.460 e. The second-order valence-corrected chi connectivity index (χ2v) is 2.06. The highest BCUT2D eigenvalue weighted by molar-refractivity contribution is 5.90. The fourth-order valence-corrected chi connectivity index (χ4v) is 0.514. The summed E-state index contributed by atoms with van der Waals surface area (Å²) in [6.45, 7) is 10.0. The van der Waals surface area contributed by atoms with E-state index < -0.39 is 5.97 Å². The molecule has 0 aliphatic carbocycles. The average molecular weight is 170 g/mol. The molecule has 0 atom stereocenters. The Morgan fingerprint density at radius 1 is 1.50 bits per heavy atom. The molecule has 0 amide bonds. The van der Waals surface area contributed by atoms with E-state index in [4.69, 9.17) is 9.47 Å². The number of esters is 1. The molecule has 0 aliphatic heterocycles. The summed E-state index contributed by atoms with van der Waals surface area (Å²) in [5.74, 6) is -0.440. The van der Waals surface area contributed by atoms with Crippen LogP contribution in [0, 0.1) is 0 Å². The third-order valence-corrected chi connectivity index (χ3v) is 1.17. The molecule has 3 nitrogen and oxygen atoms in total. The summed E-state index contributed by atoms with van der Waals surface area (Å²) in [5.41, 5.74) is 0.270. The second-order valence-electron chi connectivity index (χ2n) is 2.06. The van der Waals surface area contributed by atoms with Gasteiger partial charge in [0.25, 0.3) is 0 Å². The Balaban J connectivity index is 3.44. The number of carbonyl (C=O) groups is 1. The monoisotopic (exact) mass is 170 g/mol. The summed E-state index contributed by atoms with van der Waals surface area (Å²) in [6.07, 6.45) is 1.36. The van der Waals surface area contributed by atoms with E-state index in [1.807, 2.05) is 6.92 Å². The van der Waals surface area contributed by atoms with Crippen LogP contribution in [0.5, 0.6) is 0 Å². The molecule has 0 radical (unpaired) electrons. The highest BCUT2D eigenvalue weighted by atomic mass is 16.6. The molecule has 68 valence electrons. The lowest BCUT2D eigenvalue weighted by atomic mass is 10.3. The fourth-order valence-electron chi connectivity index (χ4n) is 0.514. The molecular formula is C9H14O3. The van der Waals surface area contributed by atoms with Crippen LogP contribution in [0.2, 0.25) is 0 Å². The summed E-state index contributed by atoms with van der Waals surface area (Å²) >= 11 is 0. The maximum absolute atomic E-state index is 10.9. The van der Waals surface area contributed by atoms with Gasteiger partial charge in [0.2, 0.25) is 0 Å². The molecule has 0 rings (SSSR count). The van der Waals surface area contributed by atoms with E-state index in [1.54, 1.807) is 0 Å². The summed E-state index contributed by atoms with van der Waals surface area (Å²) in [4.78, 5) is 10.9. The first-order valence-electron chi connectivity index (χ1n) is 3.78. The number of ether oxygens (including phenoxy) is 2. The van der Waals surface area contributed by atoms with E-state index >= 15 is 0 Å². The Bertz CT molecular complexity index is 173. The van der Waals surface area contributed by atoms with Crippen LogP contribution in [0.3, 0.4) is 0 Å². The molecule has 0 aromatic carbocycles. The van der Waals surface area contributed by atoms with Crippen LogP contribution in [-0.4, -0.2) is 25.8 Å². The Morgan fingerprint density at radius 2 is 2.17 bits per heavy atom. The van der Waals surface area contributed by atoms with Crippen molar-refractivity contribution < 1.29 is 14.3 Å². The lowest BCUT2D eigenvalue weighted by Gasteiger charge is -2.03. The lowest BCUT2D eigenvalue weighted by Crippen LogP contribution is -2.11. The molecule has 0 saturated carbocycles. The molecule has 0 aromatic rings. The molecule has 0 saturated heterocycles. The maximum Gasteiger partial charge on any atom is 0.337 e. The number of rotatable bonds is 6. The van der Waals surface area contributed by atoms with Gasteiger partial charge in [-0.05, 0) is 6.92 Å². The third-order valence-electron chi connectivity index (χ3n) is 1.17. The minimum Gasteiger partial charge on any atom is -0.460 e. The van der Waals surface area contributed by atoms with Gasteiger partial charge in [-0.1, -0.05) is 19.2 Å². The average Bonchev–Trinajstić information content (AvgIpc) is 2.10. The van der Waals surface area contributed by atoms with Gasteiger partial charge in [-0.15, -0.1) is 0 Å². The molecule has 0 aromatic heterocycles. The minimum absolute atomic E-state index is 0.263. The van der Waals surface area contributed by atoms with Crippen molar-refractivity contribution in [1.29, 1.82) is 0 Å². The van der Waals surface area contributed by atoms with Crippen molar-refractivity contribution in [3.8, 4) is 0 Å². The van der Waals surface area contributed by atoms with Gasteiger partial charge in [0.15, 0.2) is 0 Å². The van der Waals surface area contributed by atoms with E-state index in [0.717, 1.165) is 0 Å². The van der Waals surface area contributed by atoms with E-state index in [1.165, 1.54) is 6.08 Å². The van der Waals surface area contributed by atoms with Gasteiger partial charge in [-0.3, -0.25) is 0 Å². The molecule has 0 heterocycles. The highest BCUT2D eigenvalue weighted by Crippen LogP contribution is 1.94. The quantitative estimate of drug-likeness (QED) is 0.261. The van der Waals surface area contributed by atoms with E-state index in [0.29, 0.717) is 13.2 Å². The van der Waals surface area contributed by atoms with Crippen molar-refractivity contribution >= 4 is 5.97 Å². The summed E-state index contributed by atoms with van der Waals surface area (Å²) in [5, 5.41) is 0. The van der Waals surface area contributed by atoms with Crippen molar-refractivity contribution in [3.63, 3.8) is 0 Å². The van der Waals surface area contributed by atoms with Crippen molar-refractivity contribution in [2.45, 2.75) is 6.92 Å². The molecule has 0 fully saturated rings. The maximum atomic E-state index is 10.9. The highest BCUT2D eigenvalue weighted by Gasteiger charge is 2.02. The van der Waals surface area contributed by atoms with Crippen LogP contribution in [-0.2, 0) is 14.3 Å². The first-order valence-corrected chi connectivity index (χ1v) is 3.78. The topological polar surface area (TPSA) is 35.5 Å². The van der Waals surface area contributed by atoms with Gasteiger partial charge in [0.1, 0.15) is 6.61 Å². The molecule has 12 heavy (non-hydrogen) atoms. The number of carbonyl (C=O) groups excluding carboxylic acids is 1. The number of hydrogen-bond acceptors (Lipinski definition) is 3. The Morgan fingerprint density at radius 3 is 2.67 bits per heavy atom. The fraction of sp³-hybridized carbons (Fsp3) is 0.444. The van der Waals surface area contributed by atoms with Gasteiger partial charge >= 0.3 is 5.97 Å². The normalized spacial score (nSPS) is 9.08. The van der Waals surface area contributed by atoms with Crippen molar-refractivity contribution in [2.24, 2.45) is 0 Å². The second kappa shape index (κ2) is 6.61. The molecule has 0 aliphatic rings. The van der Waals surface area contributed by atoms with Crippen molar-refractivity contribution in [3.05, 3.63) is 24.8 Å². The van der Waals surface area contributed by atoms with E-state index in [9.17, 15) is 4.79 Å². The third kappa shape index (κ3) is 4.68. The summed E-state index contributed by atoms with van der Waals surface area (Å²) in [7, 11) is 0. The van der Waals surface area contributed by atoms with Gasteiger partial charge in [-0.2, -0.15) is 0 Å². The van der Waals surface area contributed by atoms with Crippen LogP contribution >= 0.6 is 0 Å². The predicted molar refractivity (Wildman–Crippen MR) is 46.8 cm³/mol.